The molecule has 3 saturated heterocycles. The van der Waals surface area contributed by atoms with Crippen molar-refractivity contribution in [1.29, 1.82) is 0 Å². The monoisotopic (exact) mass is 327 g/mol. The fourth-order valence-electron chi connectivity index (χ4n) is 4.37. The average Bonchev–Trinajstić information content (AvgIpc) is 3.21. The molecule has 128 valence electrons. The van der Waals surface area contributed by atoms with Gasteiger partial charge < -0.3 is 15.1 Å². The van der Waals surface area contributed by atoms with Crippen LogP contribution in [0, 0.1) is 0 Å². The maximum Gasteiger partial charge on any atom is 0.254 e. The predicted octanol–water partition coefficient (Wildman–Crippen LogP) is 1.64. The van der Waals surface area contributed by atoms with Crippen LogP contribution < -0.4 is 5.32 Å². The SMILES string of the molecule is O=C(C1CCCN1C(=O)c1ccccc1)N1CCC2CCC(C1)N2. The number of carbonyl (C=O) groups is 2. The van der Waals surface area contributed by atoms with Crippen LogP contribution in [0.15, 0.2) is 30.3 Å². The van der Waals surface area contributed by atoms with Crippen molar-refractivity contribution in [3.8, 4) is 0 Å². The third kappa shape index (κ3) is 2.93. The highest BCUT2D eigenvalue weighted by molar-refractivity contribution is 5.98. The van der Waals surface area contributed by atoms with E-state index in [0.717, 1.165) is 38.8 Å². The number of hydrogen-bond acceptors (Lipinski definition) is 3. The lowest BCUT2D eigenvalue weighted by molar-refractivity contribution is -0.135. The van der Waals surface area contributed by atoms with Gasteiger partial charge in [0.05, 0.1) is 0 Å². The molecule has 3 aliphatic heterocycles. The van der Waals surface area contributed by atoms with Crippen molar-refractivity contribution in [2.24, 2.45) is 0 Å². The maximum absolute atomic E-state index is 13.1. The quantitative estimate of drug-likeness (QED) is 0.898. The molecule has 5 nitrogen and oxygen atoms in total. The fraction of sp³-hybridized carbons (Fsp3) is 0.579. The minimum absolute atomic E-state index is 0.0130. The van der Waals surface area contributed by atoms with E-state index in [1.165, 1.54) is 6.42 Å². The molecule has 3 unspecified atom stereocenters. The molecule has 0 aromatic heterocycles. The van der Waals surface area contributed by atoms with Crippen LogP contribution >= 0.6 is 0 Å². The van der Waals surface area contributed by atoms with Gasteiger partial charge in [-0.25, -0.2) is 0 Å². The average molecular weight is 327 g/mol. The van der Waals surface area contributed by atoms with Crippen LogP contribution in [0.3, 0.4) is 0 Å². The summed E-state index contributed by atoms with van der Waals surface area (Å²) in [7, 11) is 0. The zero-order valence-corrected chi connectivity index (χ0v) is 14.0. The van der Waals surface area contributed by atoms with Crippen molar-refractivity contribution in [3.63, 3.8) is 0 Å². The lowest BCUT2D eigenvalue weighted by Gasteiger charge is -2.31. The van der Waals surface area contributed by atoms with E-state index in [2.05, 4.69) is 5.32 Å². The van der Waals surface area contributed by atoms with Crippen molar-refractivity contribution in [1.82, 2.24) is 15.1 Å². The van der Waals surface area contributed by atoms with Gasteiger partial charge in [-0.3, -0.25) is 9.59 Å². The van der Waals surface area contributed by atoms with Crippen LogP contribution in [0.2, 0.25) is 0 Å². The zero-order chi connectivity index (χ0) is 16.5. The minimum Gasteiger partial charge on any atom is -0.339 e. The van der Waals surface area contributed by atoms with Gasteiger partial charge in [0.1, 0.15) is 6.04 Å². The lowest BCUT2D eigenvalue weighted by Crippen LogP contribution is -2.50. The first-order chi connectivity index (χ1) is 11.7. The Kier molecular flexibility index (Phi) is 4.27. The summed E-state index contributed by atoms with van der Waals surface area (Å²) in [6.45, 7) is 2.29. The number of hydrogen-bond donors (Lipinski definition) is 1. The van der Waals surface area contributed by atoms with Gasteiger partial charge in [-0.1, -0.05) is 18.2 Å². The molecular formula is C19H25N3O2. The molecule has 1 aromatic rings. The summed E-state index contributed by atoms with van der Waals surface area (Å²) in [4.78, 5) is 29.6. The highest BCUT2D eigenvalue weighted by Crippen LogP contribution is 2.25. The maximum atomic E-state index is 13.1. The van der Waals surface area contributed by atoms with Gasteiger partial charge in [0.2, 0.25) is 5.91 Å². The zero-order valence-electron chi connectivity index (χ0n) is 14.0. The highest BCUT2D eigenvalue weighted by atomic mass is 16.2. The standard InChI is InChI=1S/C19H25N3O2/c23-18(14-5-2-1-3-6-14)22-11-4-7-17(22)19(24)21-12-10-15-8-9-16(13-21)20-15/h1-3,5-6,15-17,20H,4,7-13H2. The Morgan fingerprint density at radius 1 is 0.958 bits per heavy atom. The van der Waals surface area contributed by atoms with E-state index in [0.29, 0.717) is 24.2 Å². The van der Waals surface area contributed by atoms with Gasteiger partial charge >= 0.3 is 0 Å². The lowest BCUT2D eigenvalue weighted by atomic mass is 10.1. The third-order valence-corrected chi connectivity index (χ3v) is 5.65. The molecule has 3 heterocycles. The molecule has 0 radical (unpaired) electrons. The second-order valence-electron chi connectivity index (χ2n) is 7.23. The molecule has 0 aliphatic carbocycles. The van der Waals surface area contributed by atoms with Crippen LogP contribution in [0.1, 0.15) is 42.5 Å². The minimum atomic E-state index is -0.283. The molecule has 5 heteroatoms. The number of rotatable bonds is 2. The summed E-state index contributed by atoms with van der Waals surface area (Å²) in [6, 6.07) is 10.0. The van der Waals surface area contributed by atoms with E-state index >= 15 is 0 Å². The summed E-state index contributed by atoms with van der Waals surface area (Å²) in [5.41, 5.74) is 0.675. The molecule has 0 spiro atoms. The van der Waals surface area contributed by atoms with Crippen LogP contribution in [-0.2, 0) is 4.79 Å². The summed E-state index contributed by atoms with van der Waals surface area (Å²) >= 11 is 0. The van der Waals surface area contributed by atoms with Crippen LogP contribution in [-0.4, -0.2) is 59.4 Å². The number of likely N-dealkylation sites (tertiary alicyclic amines) is 2. The highest BCUT2D eigenvalue weighted by Gasteiger charge is 2.39. The summed E-state index contributed by atoms with van der Waals surface area (Å²) in [5.74, 6) is 0.132. The smallest absolute Gasteiger partial charge is 0.254 e. The number of carbonyl (C=O) groups excluding carboxylic acids is 2. The molecule has 3 atom stereocenters. The Balaban J connectivity index is 1.48. The van der Waals surface area contributed by atoms with Crippen LogP contribution in [0.25, 0.3) is 0 Å². The first kappa shape index (κ1) is 15.6. The van der Waals surface area contributed by atoms with E-state index in [-0.39, 0.29) is 17.9 Å². The first-order valence-corrected chi connectivity index (χ1v) is 9.13. The van der Waals surface area contributed by atoms with Crippen molar-refractivity contribution in [3.05, 3.63) is 35.9 Å². The number of benzene rings is 1. The molecule has 3 aliphatic rings. The Morgan fingerprint density at radius 3 is 2.58 bits per heavy atom. The summed E-state index contributed by atoms with van der Waals surface area (Å²) in [5, 5.41) is 3.61. The second-order valence-corrected chi connectivity index (χ2v) is 7.23. The van der Waals surface area contributed by atoms with Gasteiger partial charge in [-0.05, 0) is 44.2 Å². The van der Waals surface area contributed by atoms with E-state index in [1.54, 1.807) is 4.90 Å². The summed E-state index contributed by atoms with van der Waals surface area (Å²) in [6.07, 6.45) is 5.12. The van der Waals surface area contributed by atoms with Crippen molar-refractivity contribution >= 4 is 11.8 Å². The molecule has 1 N–H and O–H groups in total. The number of nitrogens with one attached hydrogen (secondary N) is 1. The Labute approximate surface area is 143 Å². The van der Waals surface area contributed by atoms with E-state index in [9.17, 15) is 9.59 Å². The first-order valence-electron chi connectivity index (χ1n) is 9.13. The molecule has 4 rings (SSSR count). The van der Waals surface area contributed by atoms with Crippen molar-refractivity contribution in [2.75, 3.05) is 19.6 Å². The van der Waals surface area contributed by atoms with Crippen molar-refractivity contribution in [2.45, 2.75) is 50.2 Å². The van der Waals surface area contributed by atoms with Gasteiger partial charge in [0.15, 0.2) is 0 Å². The molecule has 2 bridgehead atoms. The molecular weight excluding hydrogens is 302 g/mol. The Morgan fingerprint density at radius 2 is 1.75 bits per heavy atom. The molecule has 24 heavy (non-hydrogen) atoms. The van der Waals surface area contributed by atoms with Gasteiger partial charge in [0.25, 0.3) is 5.91 Å². The van der Waals surface area contributed by atoms with Crippen LogP contribution in [0.5, 0.6) is 0 Å². The topological polar surface area (TPSA) is 52.7 Å². The van der Waals surface area contributed by atoms with Crippen LogP contribution in [0.4, 0.5) is 0 Å². The number of fused-ring (bicyclic) bond motifs is 2. The van der Waals surface area contributed by atoms with Crippen molar-refractivity contribution < 1.29 is 9.59 Å². The van der Waals surface area contributed by atoms with E-state index in [1.807, 2.05) is 35.2 Å². The normalized spacial score (nSPS) is 29.6. The van der Waals surface area contributed by atoms with Gasteiger partial charge in [-0.15, -0.1) is 0 Å². The molecule has 2 amide bonds. The fourth-order valence-corrected chi connectivity index (χ4v) is 4.37. The molecule has 3 fully saturated rings. The van der Waals surface area contributed by atoms with E-state index < -0.39 is 0 Å². The Hall–Kier alpha value is -1.88. The predicted molar refractivity (Wildman–Crippen MR) is 91.6 cm³/mol. The molecule has 0 saturated carbocycles. The largest absolute Gasteiger partial charge is 0.339 e. The van der Waals surface area contributed by atoms with Gasteiger partial charge in [-0.2, -0.15) is 0 Å². The third-order valence-electron chi connectivity index (χ3n) is 5.65. The molecule has 1 aromatic carbocycles. The Bertz CT molecular complexity index is 618. The summed E-state index contributed by atoms with van der Waals surface area (Å²) < 4.78 is 0. The van der Waals surface area contributed by atoms with Gasteiger partial charge in [0, 0.05) is 37.3 Å². The second kappa shape index (κ2) is 6.55. The number of nitrogens with zero attached hydrogens (tertiary/aromatic N) is 2. The van der Waals surface area contributed by atoms with E-state index in [4.69, 9.17) is 0 Å². The number of amides is 2.